The second-order valence-electron chi connectivity index (χ2n) is 3.31. The number of ether oxygens (including phenoxy) is 1. The van der Waals surface area contributed by atoms with E-state index in [0.29, 0.717) is 6.61 Å². The summed E-state index contributed by atoms with van der Waals surface area (Å²) in [7, 11) is -3.18. The Labute approximate surface area is 78.7 Å². The summed E-state index contributed by atoms with van der Waals surface area (Å²) in [6.45, 7) is 2.46. The molecule has 1 fully saturated rings. The second-order valence-corrected chi connectivity index (χ2v) is 5.09. The number of rotatable bonds is 4. The van der Waals surface area contributed by atoms with Crippen molar-refractivity contribution in [1.29, 1.82) is 0 Å². The summed E-state index contributed by atoms with van der Waals surface area (Å²) in [5, 5.41) is 0. The zero-order valence-corrected chi connectivity index (χ0v) is 8.67. The first kappa shape index (κ1) is 10.9. The highest BCUT2D eigenvalue weighted by molar-refractivity contribution is 7.88. The average Bonchev–Trinajstić information content (AvgIpc) is 1.99. The molecule has 1 aliphatic carbocycles. The molecule has 1 aliphatic rings. The van der Waals surface area contributed by atoms with Crippen molar-refractivity contribution in [2.24, 2.45) is 5.73 Å². The third kappa shape index (κ3) is 2.91. The van der Waals surface area contributed by atoms with E-state index in [0.717, 1.165) is 12.7 Å². The Morgan fingerprint density at radius 1 is 1.62 bits per heavy atom. The summed E-state index contributed by atoms with van der Waals surface area (Å²) in [6, 6.07) is -0.374. The molecule has 0 aromatic rings. The van der Waals surface area contributed by atoms with E-state index < -0.39 is 10.0 Å². The van der Waals surface area contributed by atoms with Crippen molar-refractivity contribution in [3.8, 4) is 0 Å². The fourth-order valence-corrected chi connectivity index (χ4v) is 2.26. The molecule has 0 aromatic heterocycles. The van der Waals surface area contributed by atoms with Gasteiger partial charge >= 0.3 is 0 Å². The maximum absolute atomic E-state index is 10.9. The molecule has 5 nitrogen and oxygen atoms in total. The molecule has 6 heteroatoms. The zero-order chi connectivity index (χ0) is 10.1. The van der Waals surface area contributed by atoms with E-state index in [9.17, 15) is 8.42 Å². The summed E-state index contributed by atoms with van der Waals surface area (Å²) in [5.74, 6) is 0. The van der Waals surface area contributed by atoms with Gasteiger partial charge < -0.3 is 10.5 Å². The summed E-state index contributed by atoms with van der Waals surface area (Å²) >= 11 is 0. The lowest BCUT2D eigenvalue weighted by molar-refractivity contribution is -0.0247. The Bertz CT molecular complexity index is 263. The standard InChI is InChI=1S/C7H16N2O3S/c1-3-12-6-4-5(8)7(6)9-13(2,10)11/h5-7,9H,3-4,8H2,1-2H3. The molecule has 0 bridgehead atoms. The van der Waals surface area contributed by atoms with Crippen LogP contribution < -0.4 is 10.5 Å². The molecule has 0 amide bonds. The summed E-state index contributed by atoms with van der Waals surface area (Å²) in [4.78, 5) is 0. The van der Waals surface area contributed by atoms with E-state index >= 15 is 0 Å². The van der Waals surface area contributed by atoms with Crippen LogP contribution in [0, 0.1) is 0 Å². The van der Waals surface area contributed by atoms with Gasteiger partial charge in [0.15, 0.2) is 0 Å². The Hall–Kier alpha value is -0.170. The molecule has 0 aromatic carbocycles. The monoisotopic (exact) mass is 208 g/mol. The predicted molar refractivity (Wildman–Crippen MR) is 49.8 cm³/mol. The molecule has 3 unspecified atom stereocenters. The molecule has 13 heavy (non-hydrogen) atoms. The molecule has 0 saturated heterocycles. The highest BCUT2D eigenvalue weighted by Crippen LogP contribution is 2.22. The quantitative estimate of drug-likeness (QED) is 0.623. The first-order valence-corrected chi connectivity index (χ1v) is 6.17. The fraction of sp³-hybridized carbons (Fsp3) is 1.00. The Balaban J connectivity index is 2.48. The predicted octanol–water partition coefficient (Wildman–Crippen LogP) is -0.960. The molecule has 0 aliphatic heterocycles. The van der Waals surface area contributed by atoms with Crippen LogP contribution in [0.1, 0.15) is 13.3 Å². The number of sulfonamides is 1. The second kappa shape index (κ2) is 3.91. The van der Waals surface area contributed by atoms with Gasteiger partial charge in [-0.15, -0.1) is 0 Å². The van der Waals surface area contributed by atoms with E-state index in [2.05, 4.69) is 4.72 Å². The Morgan fingerprint density at radius 3 is 2.62 bits per heavy atom. The van der Waals surface area contributed by atoms with Crippen molar-refractivity contribution >= 4 is 10.0 Å². The van der Waals surface area contributed by atoms with E-state index in [1.165, 1.54) is 0 Å². The Kier molecular flexibility index (Phi) is 3.28. The first-order valence-electron chi connectivity index (χ1n) is 4.28. The first-order chi connectivity index (χ1) is 5.94. The van der Waals surface area contributed by atoms with Gasteiger partial charge in [0.05, 0.1) is 18.4 Å². The summed E-state index contributed by atoms with van der Waals surface area (Å²) < 4.78 is 29.6. The van der Waals surface area contributed by atoms with Crippen LogP contribution in [0.2, 0.25) is 0 Å². The number of hydrogen-bond donors (Lipinski definition) is 2. The SMILES string of the molecule is CCOC1CC(N)C1NS(C)(=O)=O. The van der Waals surface area contributed by atoms with Crippen LogP contribution in [0.5, 0.6) is 0 Å². The van der Waals surface area contributed by atoms with Gasteiger partial charge in [0.2, 0.25) is 10.0 Å². The van der Waals surface area contributed by atoms with Crippen molar-refractivity contribution in [3.63, 3.8) is 0 Å². The van der Waals surface area contributed by atoms with Crippen LogP contribution in [0.3, 0.4) is 0 Å². The molecular weight excluding hydrogens is 192 g/mol. The molecule has 78 valence electrons. The van der Waals surface area contributed by atoms with Gasteiger partial charge in [-0.25, -0.2) is 13.1 Å². The van der Waals surface area contributed by atoms with Crippen molar-refractivity contribution in [3.05, 3.63) is 0 Å². The van der Waals surface area contributed by atoms with Gasteiger partial charge in [0.1, 0.15) is 0 Å². The van der Waals surface area contributed by atoms with Crippen LogP contribution in [-0.4, -0.2) is 39.5 Å². The Morgan fingerprint density at radius 2 is 2.23 bits per heavy atom. The lowest BCUT2D eigenvalue weighted by Crippen LogP contribution is -2.64. The van der Waals surface area contributed by atoms with E-state index in [-0.39, 0.29) is 18.2 Å². The lowest BCUT2D eigenvalue weighted by Gasteiger charge is -2.41. The van der Waals surface area contributed by atoms with Crippen molar-refractivity contribution in [2.75, 3.05) is 12.9 Å². The average molecular weight is 208 g/mol. The molecule has 3 N–H and O–H groups in total. The van der Waals surface area contributed by atoms with Gasteiger partial charge in [-0.05, 0) is 13.3 Å². The van der Waals surface area contributed by atoms with Gasteiger partial charge in [0, 0.05) is 12.6 Å². The molecular formula is C7H16N2O3S. The number of hydrogen-bond acceptors (Lipinski definition) is 4. The molecule has 0 spiro atoms. The smallest absolute Gasteiger partial charge is 0.209 e. The summed E-state index contributed by atoms with van der Waals surface area (Å²) in [6.07, 6.45) is 1.79. The van der Waals surface area contributed by atoms with Gasteiger partial charge in [-0.3, -0.25) is 0 Å². The van der Waals surface area contributed by atoms with Crippen LogP contribution in [0.25, 0.3) is 0 Å². The van der Waals surface area contributed by atoms with Crippen LogP contribution in [-0.2, 0) is 14.8 Å². The molecule has 1 rings (SSSR count). The summed E-state index contributed by atoms with van der Waals surface area (Å²) in [5.41, 5.74) is 5.64. The molecule has 0 heterocycles. The minimum Gasteiger partial charge on any atom is -0.377 e. The van der Waals surface area contributed by atoms with Gasteiger partial charge in [-0.2, -0.15) is 0 Å². The number of nitrogens with two attached hydrogens (primary N) is 1. The number of nitrogens with one attached hydrogen (secondary N) is 1. The maximum atomic E-state index is 10.9. The minimum atomic E-state index is -3.18. The highest BCUT2D eigenvalue weighted by atomic mass is 32.2. The largest absolute Gasteiger partial charge is 0.377 e. The van der Waals surface area contributed by atoms with Crippen LogP contribution in [0.4, 0.5) is 0 Å². The van der Waals surface area contributed by atoms with E-state index in [4.69, 9.17) is 10.5 Å². The topological polar surface area (TPSA) is 81.4 Å². The molecule has 1 saturated carbocycles. The molecule has 0 radical (unpaired) electrons. The molecule has 3 atom stereocenters. The third-order valence-electron chi connectivity index (χ3n) is 2.10. The zero-order valence-electron chi connectivity index (χ0n) is 7.86. The maximum Gasteiger partial charge on any atom is 0.209 e. The highest BCUT2D eigenvalue weighted by Gasteiger charge is 2.40. The third-order valence-corrected chi connectivity index (χ3v) is 2.80. The van der Waals surface area contributed by atoms with E-state index in [1.54, 1.807) is 0 Å². The van der Waals surface area contributed by atoms with Gasteiger partial charge in [0.25, 0.3) is 0 Å². The van der Waals surface area contributed by atoms with Gasteiger partial charge in [-0.1, -0.05) is 0 Å². The van der Waals surface area contributed by atoms with Crippen LogP contribution >= 0.6 is 0 Å². The van der Waals surface area contributed by atoms with Crippen LogP contribution in [0.15, 0.2) is 0 Å². The fourth-order valence-electron chi connectivity index (χ4n) is 1.44. The van der Waals surface area contributed by atoms with Crippen molar-refractivity contribution in [2.45, 2.75) is 31.5 Å². The van der Waals surface area contributed by atoms with Crippen molar-refractivity contribution in [1.82, 2.24) is 4.72 Å². The van der Waals surface area contributed by atoms with E-state index in [1.807, 2.05) is 6.92 Å². The minimum absolute atomic E-state index is 0.0604. The lowest BCUT2D eigenvalue weighted by atomic mass is 9.84. The van der Waals surface area contributed by atoms with Crippen molar-refractivity contribution < 1.29 is 13.2 Å². The normalized spacial score (nSPS) is 34.2.